The van der Waals surface area contributed by atoms with Gasteiger partial charge in [0.2, 0.25) is 0 Å². The van der Waals surface area contributed by atoms with E-state index in [4.69, 9.17) is 5.11 Å². The molecule has 6 heteroatoms. The van der Waals surface area contributed by atoms with Crippen LogP contribution in [0.5, 0.6) is 0 Å². The van der Waals surface area contributed by atoms with Gasteiger partial charge in [0.15, 0.2) is 0 Å². The number of aliphatic hydroxyl groups is 1. The summed E-state index contributed by atoms with van der Waals surface area (Å²) in [6.07, 6.45) is -3.66. The minimum absolute atomic E-state index is 0.0613. The van der Waals surface area contributed by atoms with E-state index in [1.54, 1.807) is 13.8 Å². The SMILES string of the molecule is CC(C)(CO)CNCC(F)(F)C(F)F. The van der Waals surface area contributed by atoms with E-state index in [0.29, 0.717) is 0 Å². The highest BCUT2D eigenvalue weighted by Gasteiger charge is 2.40. The lowest BCUT2D eigenvalue weighted by molar-refractivity contribution is -0.125. The average Bonchev–Trinajstić information content (AvgIpc) is 2.03. The molecule has 0 saturated heterocycles. The molecule has 0 bridgehead atoms. The van der Waals surface area contributed by atoms with E-state index in [2.05, 4.69) is 5.32 Å². The summed E-state index contributed by atoms with van der Waals surface area (Å²) in [5.74, 6) is -4.01. The fourth-order valence-electron chi connectivity index (χ4n) is 0.701. The Morgan fingerprint density at radius 2 is 1.71 bits per heavy atom. The van der Waals surface area contributed by atoms with E-state index in [-0.39, 0.29) is 13.2 Å². The monoisotopic (exact) mass is 217 g/mol. The van der Waals surface area contributed by atoms with Crippen LogP contribution in [0.2, 0.25) is 0 Å². The fraction of sp³-hybridized carbons (Fsp3) is 1.00. The number of nitrogens with one attached hydrogen (secondary N) is 1. The summed E-state index contributed by atoms with van der Waals surface area (Å²) >= 11 is 0. The van der Waals surface area contributed by atoms with Gasteiger partial charge in [0.05, 0.1) is 6.54 Å². The quantitative estimate of drug-likeness (QED) is 0.661. The highest BCUT2D eigenvalue weighted by atomic mass is 19.3. The molecule has 86 valence electrons. The van der Waals surface area contributed by atoms with E-state index in [1.165, 1.54) is 0 Å². The van der Waals surface area contributed by atoms with Crippen molar-refractivity contribution in [3.63, 3.8) is 0 Å². The molecule has 0 aromatic rings. The zero-order valence-electron chi connectivity index (χ0n) is 8.16. The average molecular weight is 217 g/mol. The second-order valence-corrected chi connectivity index (χ2v) is 3.99. The second kappa shape index (κ2) is 4.93. The van der Waals surface area contributed by atoms with Crippen LogP contribution in [0.3, 0.4) is 0 Å². The van der Waals surface area contributed by atoms with Gasteiger partial charge in [-0.2, -0.15) is 8.78 Å². The Labute approximate surface area is 80.3 Å². The number of rotatable bonds is 6. The largest absolute Gasteiger partial charge is 0.396 e. The molecule has 0 saturated carbocycles. The lowest BCUT2D eigenvalue weighted by Gasteiger charge is -2.24. The van der Waals surface area contributed by atoms with E-state index in [1.807, 2.05) is 0 Å². The first-order chi connectivity index (χ1) is 6.21. The van der Waals surface area contributed by atoms with Crippen molar-refractivity contribution in [2.45, 2.75) is 26.2 Å². The van der Waals surface area contributed by atoms with E-state index < -0.39 is 24.3 Å². The Kier molecular flexibility index (Phi) is 4.80. The van der Waals surface area contributed by atoms with Gasteiger partial charge in [0, 0.05) is 18.6 Å². The minimum atomic E-state index is -4.01. The van der Waals surface area contributed by atoms with Crippen molar-refractivity contribution < 1.29 is 22.7 Å². The van der Waals surface area contributed by atoms with Gasteiger partial charge in [-0.05, 0) is 0 Å². The molecule has 2 nitrogen and oxygen atoms in total. The molecule has 0 aliphatic heterocycles. The van der Waals surface area contributed by atoms with Gasteiger partial charge in [-0.1, -0.05) is 13.8 Å². The van der Waals surface area contributed by atoms with Gasteiger partial charge in [-0.3, -0.25) is 0 Å². The van der Waals surface area contributed by atoms with Gasteiger partial charge >= 0.3 is 12.3 Å². The Bertz CT molecular complexity index is 173. The van der Waals surface area contributed by atoms with Crippen molar-refractivity contribution in [1.82, 2.24) is 5.32 Å². The van der Waals surface area contributed by atoms with Crippen LogP contribution < -0.4 is 5.32 Å². The van der Waals surface area contributed by atoms with Crippen LogP contribution in [-0.2, 0) is 0 Å². The summed E-state index contributed by atoms with van der Waals surface area (Å²) in [4.78, 5) is 0. The fourth-order valence-corrected chi connectivity index (χ4v) is 0.701. The Balaban J connectivity index is 3.85. The molecule has 0 aromatic carbocycles. The van der Waals surface area contributed by atoms with Crippen LogP contribution in [0, 0.1) is 5.41 Å². The topological polar surface area (TPSA) is 32.3 Å². The first-order valence-corrected chi connectivity index (χ1v) is 4.19. The third-order valence-electron chi connectivity index (χ3n) is 1.71. The number of hydrogen-bond acceptors (Lipinski definition) is 2. The molecule has 0 aromatic heterocycles. The van der Waals surface area contributed by atoms with Crippen molar-refractivity contribution in [3.05, 3.63) is 0 Å². The zero-order chi connectivity index (χ0) is 11.4. The number of halogens is 4. The summed E-state index contributed by atoms with van der Waals surface area (Å²) in [5.41, 5.74) is -0.585. The van der Waals surface area contributed by atoms with E-state index in [0.717, 1.165) is 0 Å². The van der Waals surface area contributed by atoms with Crippen molar-refractivity contribution in [3.8, 4) is 0 Å². The number of aliphatic hydroxyl groups excluding tert-OH is 1. The minimum Gasteiger partial charge on any atom is -0.396 e. The van der Waals surface area contributed by atoms with E-state index >= 15 is 0 Å². The molecule has 0 aliphatic carbocycles. The molecule has 0 aliphatic rings. The predicted molar refractivity (Wildman–Crippen MR) is 44.7 cm³/mol. The zero-order valence-corrected chi connectivity index (χ0v) is 8.16. The van der Waals surface area contributed by atoms with Crippen molar-refractivity contribution in [2.75, 3.05) is 19.7 Å². The van der Waals surface area contributed by atoms with Crippen molar-refractivity contribution in [2.24, 2.45) is 5.41 Å². The first kappa shape index (κ1) is 13.6. The third-order valence-corrected chi connectivity index (χ3v) is 1.71. The molecule has 0 heterocycles. The highest BCUT2D eigenvalue weighted by Crippen LogP contribution is 2.22. The number of alkyl halides is 4. The molecular formula is C8H15F4NO. The normalized spacial score (nSPS) is 13.7. The van der Waals surface area contributed by atoms with Crippen LogP contribution in [0.4, 0.5) is 17.6 Å². The van der Waals surface area contributed by atoms with Gasteiger partial charge in [0.1, 0.15) is 0 Å². The van der Waals surface area contributed by atoms with Crippen molar-refractivity contribution in [1.29, 1.82) is 0 Å². The Morgan fingerprint density at radius 1 is 1.21 bits per heavy atom. The third kappa shape index (κ3) is 4.76. The molecule has 0 fully saturated rings. The highest BCUT2D eigenvalue weighted by molar-refractivity contribution is 4.76. The van der Waals surface area contributed by atoms with Crippen LogP contribution in [0.15, 0.2) is 0 Å². The standard InChI is InChI=1S/C8H15F4NO/c1-7(2,5-14)3-13-4-8(11,12)6(9)10/h6,13-14H,3-5H2,1-2H3. The number of hydrogen-bond donors (Lipinski definition) is 2. The maximum atomic E-state index is 12.4. The van der Waals surface area contributed by atoms with Gasteiger partial charge in [-0.15, -0.1) is 0 Å². The molecule has 14 heavy (non-hydrogen) atoms. The molecular weight excluding hydrogens is 202 g/mol. The van der Waals surface area contributed by atoms with Gasteiger partial charge in [-0.25, -0.2) is 8.78 Å². The molecule has 2 N–H and O–H groups in total. The van der Waals surface area contributed by atoms with Crippen LogP contribution >= 0.6 is 0 Å². The van der Waals surface area contributed by atoms with Gasteiger partial charge < -0.3 is 10.4 Å². The smallest absolute Gasteiger partial charge is 0.319 e. The maximum absolute atomic E-state index is 12.4. The molecule has 0 radical (unpaired) electrons. The maximum Gasteiger partial charge on any atom is 0.319 e. The summed E-state index contributed by atoms with van der Waals surface area (Å²) in [6.45, 7) is 2.07. The van der Waals surface area contributed by atoms with Crippen molar-refractivity contribution >= 4 is 0 Å². The van der Waals surface area contributed by atoms with Gasteiger partial charge in [0.25, 0.3) is 0 Å². The van der Waals surface area contributed by atoms with Crippen LogP contribution in [0.1, 0.15) is 13.8 Å². The summed E-state index contributed by atoms with van der Waals surface area (Å²) in [5, 5.41) is 11.0. The van der Waals surface area contributed by atoms with Crippen LogP contribution in [-0.4, -0.2) is 37.2 Å². The van der Waals surface area contributed by atoms with E-state index in [9.17, 15) is 17.6 Å². The lowest BCUT2D eigenvalue weighted by atomic mass is 9.95. The molecule has 0 unspecified atom stereocenters. The second-order valence-electron chi connectivity index (χ2n) is 3.99. The Hall–Kier alpha value is -0.360. The lowest BCUT2D eigenvalue weighted by Crippen LogP contribution is -2.42. The molecule has 0 spiro atoms. The Morgan fingerprint density at radius 3 is 2.07 bits per heavy atom. The molecule has 0 amide bonds. The first-order valence-electron chi connectivity index (χ1n) is 4.19. The summed E-state index contributed by atoms with van der Waals surface area (Å²) in [7, 11) is 0. The summed E-state index contributed by atoms with van der Waals surface area (Å²) < 4.78 is 48.1. The predicted octanol–water partition coefficient (Wildman–Crippen LogP) is 1.49. The molecule has 0 rings (SSSR count). The van der Waals surface area contributed by atoms with Crippen LogP contribution in [0.25, 0.3) is 0 Å². The molecule has 0 atom stereocenters. The summed E-state index contributed by atoms with van der Waals surface area (Å²) in [6, 6.07) is 0.